The number of nitrogens with one attached hydrogen (secondary N) is 1. The number of benzene rings is 1. The van der Waals surface area contributed by atoms with Gasteiger partial charge in [-0.25, -0.2) is 4.79 Å². The molecule has 0 saturated heterocycles. The summed E-state index contributed by atoms with van der Waals surface area (Å²) in [6.07, 6.45) is 0. The highest BCUT2D eigenvalue weighted by Crippen LogP contribution is 2.18. The summed E-state index contributed by atoms with van der Waals surface area (Å²) in [6.45, 7) is 8.69. The maximum Gasteiger partial charge on any atom is 0.337 e. The van der Waals surface area contributed by atoms with E-state index in [9.17, 15) is 14.7 Å². The van der Waals surface area contributed by atoms with Crippen molar-refractivity contribution in [2.75, 3.05) is 18.4 Å². The van der Waals surface area contributed by atoms with Crippen molar-refractivity contribution in [1.29, 1.82) is 0 Å². The molecule has 5 nitrogen and oxygen atoms in total. The molecule has 0 aliphatic heterocycles. The minimum atomic E-state index is -1.00. The standard InChI is InChI=1S/C15H22N2O3/c1-5-17(6-2)14(18)11(4)16-13-8-7-10(3)9-12(13)15(19)20/h7-9,11,16H,5-6H2,1-4H3,(H,19,20). The van der Waals surface area contributed by atoms with Gasteiger partial charge in [-0.3, -0.25) is 4.79 Å². The molecule has 0 saturated carbocycles. The quantitative estimate of drug-likeness (QED) is 0.838. The summed E-state index contributed by atoms with van der Waals surface area (Å²) in [4.78, 5) is 25.1. The summed E-state index contributed by atoms with van der Waals surface area (Å²) in [5.41, 5.74) is 1.52. The van der Waals surface area contributed by atoms with E-state index in [0.717, 1.165) is 5.56 Å². The van der Waals surface area contributed by atoms with Gasteiger partial charge in [0, 0.05) is 18.8 Å². The molecule has 1 aromatic rings. The number of aromatic carboxylic acids is 1. The lowest BCUT2D eigenvalue weighted by molar-refractivity contribution is -0.131. The summed E-state index contributed by atoms with van der Waals surface area (Å²) < 4.78 is 0. The van der Waals surface area contributed by atoms with Gasteiger partial charge in [0.25, 0.3) is 0 Å². The summed E-state index contributed by atoms with van der Waals surface area (Å²) in [5, 5.41) is 12.2. The van der Waals surface area contributed by atoms with E-state index in [4.69, 9.17) is 0 Å². The van der Waals surface area contributed by atoms with Crippen LogP contribution in [0.5, 0.6) is 0 Å². The van der Waals surface area contributed by atoms with Crippen molar-refractivity contribution in [3.8, 4) is 0 Å². The molecule has 20 heavy (non-hydrogen) atoms. The Labute approximate surface area is 119 Å². The monoisotopic (exact) mass is 278 g/mol. The Morgan fingerprint density at radius 2 is 1.90 bits per heavy atom. The average Bonchev–Trinajstić information content (AvgIpc) is 2.41. The van der Waals surface area contributed by atoms with E-state index in [0.29, 0.717) is 18.8 Å². The molecule has 0 aromatic heterocycles. The Bertz CT molecular complexity index is 496. The predicted octanol–water partition coefficient (Wildman–Crippen LogP) is 2.36. The molecule has 1 amide bonds. The van der Waals surface area contributed by atoms with Crippen LogP contribution in [-0.2, 0) is 4.79 Å². The van der Waals surface area contributed by atoms with Crippen molar-refractivity contribution in [2.45, 2.75) is 33.7 Å². The Hall–Kier alpha value is -2.04. The van der Waals surface area contributed by atoms with Crippen LogP contribution >= 0.6 is 0 Å². The summed E-state index contributed by atoms with van der Waals surface area (Å²) in [6, 6.07) is 4.66. The van der Waals surface area contributed by atoms with Crippen molar-refractivity contribution in [2.24, 2.45) is 0 Å². The number of aryl methyl sites for hydroxylation is 1. The summed E-state index contributed by atoms with van der Waals surface area (Å²) in [7, 11) is 0. The number of carbonyl (C=O) groups is 2. The molecule has 5 heteroatoms. The molecular formula is C15H22N2O3. The first-order valence-corrected chi connectivity index (χ1v) is 6.79. The molecule has 0 heterocycles. The lowest BCUT2D eigenvalue weighted by Crippen LogP contribution is -2.41. The Morgan fingerprint density at radius 1 is 1.30 bits per heavy atom. The van der Waals surface area contributed by atoms with Crippen LogP contribution < -0.4 is 5.32 Å². The van der Waals surface area contributed by atoms with E-state index < -0.39 is 12.0 Å². The topological polar surface area (TPSA) is 69.6 Å². The minimum Gasteiger partial charge on any atom is -0.478 e. The second-order valence-electron chi connectivity index (χ2n) is 4.73. The van der Waals surface area contributed by atoms with Gasteiger partial charge in [0.1, 0.15) is 6.04 Å². The van der Waals surface area contributed by atoms with Crippen LogP contribution in [0.1, 0.15) is 36.7 Å². The summed E-state index contributed by atoms with van der Waals surface area (Å²) >= 11 is 0. The van der Waals surface area contributed by atoms with Gasteiger partial charge >= 0.3 is 5.97 Å². The Morgan fingerprint density at radius 3 is 2.40 bits per heavy atom. The first-order chi connectivity index (χ1) is 9.40. The number of rotatable bonds is 6. The highest BCUT2D eigenvalue weighted by Gasteiger charge is 2.20. The summed E-state index contributed by atoms with van der Waals surface area (Å²) in [5.74, 6) is -1.04. The predicted molar refractivity (Wildman–Crippen MR) is 79.2 cm³/mol. The average molecular weight is 278 g/mol. The highest BCUT2D eigenvalue weighted by molar-refractivity contribution is 5.95. The van der Waals surface area contributed by atoms with Gasteiger partial charge in [-0.05, 0) is 39.8 Å². The lowest BCUT2D eigenvalue weighted by atomic mass is 10.1. The molecule has 1 atom stereocenters. The van der Waals surface area contributed by atoms with Gasteiger partial charge in [-0.1, -0.05) is 11.6 Å². The van der Waals surface area contributed by atoms with Crippen molar-refractivity contribution in [3.05, 3.63) is 29.3 Å². The van der Waals surface area contributed by atoms with E-state index in [2.05, 4.69) is 5.32 Å². The van der Waals surface area contributed by atoms with Gasteiger partial charge in [0.15, 0.2) is 0 Å². The third-order valence-electron chi connectivity index (χ3n) is 3.22. The zero-order chi connectivity index (χ0) is 15.3. The van der Waals surface area contributed by atoms with Gasteiger partial charge in [-0.2, -0.15) is 0 Å². The lowest BCUT2D eigenvalue weighted by Gasteiger charge is -2.24. The van der Waals surface area contributed by atoms with Crippen LogP contribution in [0.25, 0.3) is 0 Å². The molecule has 2 N–H and O–H groups in total. The fourth-order valence-corrected chi connectivity index (χ4v) is 2.07. The Kier molecular flexibility index (Phi) is 5.55. The molecule has 0 bridgehead atoms. The molecular weight excluding hydrogens is 256 g/mol. The highest BCUT2D eigenvalue weighted by atomic mass is 16.4. The second-order valence-corrected chi connectivity index (χ2v) is 4.73. The number of carboxylic acids is 1. The number of amides is 1. The molecule has 0 aliphatic rings. The number of hydrogen-bond acceptors (Lipinski definition) is 3. The van der Waals surface area contributed by atoms with Crippen molar-refractivity contribution >= 4 is 17.6 Å². The van der Waals surface area contributed by atoms with E-state index >= 15 is 0 Å². The smallest absolute Gasteiger partial charge is 0.337 e. The van der Waals surface area contributed by atoms with Crippen molar-refractivity contribution < 1.29 is 14.7 Å². The van der Waals surface area contributed by atoms with E-state index in [-0.39, 0.29) is 11.5 Å². The first-order valence-electron chi connectivity index (χ1n) is 6.79. The maximum absolute atomic E-state index is 12.2. The van der Waals surface area contributed by atoms with Crippen LogP contribution in [0.3, 0.4) is 0 Å². The third kappa shape index (κ3) is 3.73. The molecule has 0 aliphatic carbocycles. The number of carboxylic acid groups (broad SMARTS) is 1. The van der Waals surface area contributed by atoms with E-state index in [1.54, 1.807) is 24.0 Å². The molecule has 0 fully saturated rings. The third-order valence-corrected chi connectivity index (χ3v) is 3.22. The van der Waals surface area contributed by atoms with Crippen molar-refractivity contribution in [3.63, 3.8) is 0 Å². The number of carbonyl (C=O) groups excluding carboxylic acids is 1. The molecule has 0 radical (unpaired) electrons. The van der Waals surface area contributed by atoms with Crippen LogP contribution in [0, 0.1) is 6.92 Å². The molecule has 1 rings (SSSR count). The number of anilines is 1. The Balaban J connectivity index is 2.93. The van der Waals surface area contributed by atoms with Crippen LogP contribution in [0.4, 0.5) is 5.69 Å². The van der Waals surface area contributed by atoms with Crippen molar-refractivity contribution in [1.82, 2.24) is 4.90 Å². The molecule has 0 spiro atoms. The SMILES string of the molecule is CCN(CC)C(=O)C(C)Nc1ccc(C)cc1C(=O)O. The van der Waals surface area contributed by atoms with E-state index in [1.165, 1.54) is 0 Å². The minimum absolute atomic E-state index is 0.0353. The normalized spacial score (nSPS) is 11.8. The maximum atomic E-state index is 12.2. The van der Waals surface area contributed by atoms with Gasteiger partial charge < -0.3 is 15.3 Å². The number of nitrogens with zero attached hydrogens (tertiary/aromatic N) is 1. The first kappa shape index (κ1) is 16.0. The molecule has 1 unspecified atom stereocenters. The van der Waals surface area contributed by atoms with Gasteiger partial charge in [0.2, 0.25) is 5.91 Å². The zero-order valence-electron chi connectivity index (χ0n) is 12.4. The van der Waals surface area contributed by atoms with E-state index in [1.807, 2.05) is 26.8 Å². The van der Waals surface area contributed by atoms with Crippen LogP contribution in [0.15, 0.2) is 18.2 Å². The molecule has 1 aromatic carbocycles. The number of likely N-dealkylation sites (N-methyl/N-ethyl adjacent to an activating group) is 1. The largest absolute Gasteiger partial charge is 0.478 e. The second kappa shape index (κ2) is 6.93. The van der Waals surface area contributed by atoms with Gasteiger partial charge in [-0.15, -0.1) is 0 Å². The van der Waals surface area contributed by atoms with Crippen LogP contribution in [0.2, 0.25) is 0 Å². The fraction of sp³-hybridized carbons (Fsp3) is 0.467. The zero-order valence-corrected chi connectivity index (χ0v) is 12.4. The van der Waals surface area contributed by atoms with Gasteiger partial charge in [0.05, 0.1) is 5.56 Å². The number of hydrogen-bond donors (Lipinski definition) is 2. The van der Waals surface area contributed by atoms with Crippen LogP contribution in [-0.4, -0.2) is 41.0 Å². The fourth-order valence-electron chi connectivity index (χ4n) is 2.07. The molecule has 110 valence electrons.